The van der Waals surface area contributed by atoms with Crippen molar-refractivity contribution < 1.29 is 4.74 Å². The molecule has 1 N–H and O–H groups in total. The van der Waals surface area contributed by atoms with Gasteiger partial charge in [-0.25, -0.2) is 0 Å². The quantitative estimate of drug-likeness (QED) is 0.349. The van der Waals surface area contributed by atoms with E-state index in [9.17, 15) is 0 Å². The second-order valence-electron chi connectivity index (χ2n) is 8.39. The van der Waals surface area contributed by atoms with Crippen LogP contribution in [0.4, 0.5) is 5.69 Å². The van der Waals surface area contributed by atoms with Crippen molar-refractivity contribution in [1.29, 1.82) is 0 Å². The molecule has 4 nitrogen and oxygen atoms in total. The van der Waals surface area contributed by atoms with E-state index in [1.165, 1.54) is 55.0 Å². The van der Waals surface area contributed by atoms with Crippen molar-refractivity contribution in [2.24, 2.45) is 0 Å². The third-order valence-electron chi connectivity index (χ3n) is 6.40. The van der Waals surface area contributed by atoms with Crippen LogP contribution in [0.15, 0.2) is 54.7 Å². The van der Waals surface area contributed by atoms with Gasteiger partial charge in [0.25, 0.3) is 0 Å². The van der Waals surface area contributed by atoms with Crippen LogP contribution in [0.25, 0.3) is 10.9 Å². The van der Waals surface area contributed by atoms with Gasteiger partial charge >= 0.3 is 0 Å². The molecular weight excluding hydrogens is 402 g/mol. The highest BCUT2D eigenvalue weighted by molar-refractivity contribution is 7.80. The summed E-state index contributed by atoms with van der Waals surface area (Å²) in [7, 11) is 1.69. The molecule has 1 saturated carbocycles. The Labute approximate surface area is 191 Å². The summed E-state index contributed by atoms with van der Waals surface area (Å²) in [6.45, 7) is 4.00. The maximum Gasteiger partial charge on any atom is 0.173 e. The topological polar surface area (TPSA) is 29.4 Å². The van der Waals surface area contributed by atoms with Crippen LogP contribution >= 0.6 is 12.2 Å². The molecule has 3 aromatic rings. The number of benzene rings is 2. The fraction of sp³-hybridized carbons (Fsp3) is 0.423. The molecule has 0 atom stereocenters. The van der Waals surface area contributed by atoms with Crippen molar-refractivity contribution in [3.8, 4) is 5.75 Å². The summed E-state index contributed by atoms with van der Waals surface area (Å²) in [5.41, 5.74) is 3.61. The van der Waals surface area contributed by atoms with E-state index in [0.717, 1.165) is 29.6 Å². The normalized spacial score (nSPS) is 14.9. The van der Waals surface area contributed by atoms with Crippen LogP contribution in [-0.2, 0) is 13.1 Å². The maximum absolute atomic E-state index is 5.99. The predicted octanol–water partition coefficient (Wildman–Crippen LogP) is 6.59. The van der Waals surface area contributed by atoms with Gasteiger partial charge in [0, 0.05) is 48.0 Å². The summed E-state index contributed by atoms with van der Waals surface area (Å²) >= 11 is 5.99. The number of aryl methyl sites for hydroxylation is 1. The van der Waals surface area contributed by atoms with E-state index >= 15 is 0 Å². The number of nitrogens with one attached hydrogen (secondary N) is 1. The van der Waals surface area contributed by atoms with Gasteiger partial charge in [-0.2, -0.15) is 0 Å². The molecule has 0 bridgehead atoms. The molecule has 31 heavy (non-hydrogen) atoms. The molecule has 0 spiro atoms. The van der Waals surface area contributed by atoms with Gasteiger partial charge in [0.15, 0.2) is 5.11 Å². The van der Waals surface area contributed by atoms with Gasteiger partial charge in [-0.3, -0.25) is 0 Å². The van der Waals surface area contributed by atoms with E-state index in [-0.39, 0.29) is 0 Å². The SMILES string of the molecule is CCn1cc(CN(C(=S)Nc2cccc(OC)c2)C2CCCCCC2)c2ccccc21. The number of anilines is 1. The molecule has 0 aliphatic heterocycles. The number of para-hydroxylation sites is 1. The Kier molecular flexibility index (Phi) is 7.13. The molecule has 1 heterocycles. The number of methoxy groups -OCH3 is 1. The zero-order valence-corrected chi connectivity index (χ0v) is 19.5. The van der Waals surface area contributed by atoms with E-state index in [0.29, 0.717) is 6.04 Å². The van der Waals surface area contributed by atoms with Gasteiger partial charge in [-0.05, 0) is 55.7 Å². The molecule has 0 saturated heterocycles. The van der Waals surface area contributed by atoms with Crippen molar-refractivity contribution in [3.05, 3.63) is 60.3 Å². The molecule has 1 aliphatic carbocycles. The third-order valence-corrected chi connectivity index (χ3v) is 6.74. The average Bonchev–Trinajstić information content (AvgIpc) is 2.95. The molecule has 4 rings (SSSR count). The molecule has 0 amide bonds. The Morgan fingerprint density at radius 1 is 1.10 bits per heavy atom. The number of ether oxygens (including phenoxy) is 1. The van der Waals surface area contributed by atoms with Crippen LogP contribution in [0, 0.1) is 0 Å². The zero-order chi connectivity index (χ0) is 21.6. The van der Waals surface area contributed by atoms with Crippen molar-refractivity contribution in [1.82, 2.24) is 9.47 Å². The Morgan fingerprint density at radius 2 is 1.87 bits per heavy atom. The van der Waals surface area contributed by atoms with Crippen LogP contribution in [0.5, 0.6) is 5.75 Å². The summed E-state index contributed by atoms with van der Waals surface area (Å²) in [5, 5.41) is 5.62. The van der Waals surface area contributed by atoms with Gasteiger partial charge in [-0.1, -0.05) is 49.9 Å². The van der Waals surface area contributed by atoms with Crippen molar-refractivity contribution in [3.63, 3.8) is 0 Å². The molecule has 0 unspecified atom stereocenters. The Hall–Kier alpha value is -2.53. The standard InChI is InChI=1S/C26H33N3OS/c1-3-28-18-20(24-15-8-9-16-25(24)28)19-29(22-12-6-4-5-7-13-22)26(31)27-21-11-10-14-23(17-21)30-2/h8-11,14-18,22H,3-7,12-13,19H2,1-2H3,(H,27,31). The lowest BCUT2D eigenvalue weighted by molar-refractivity contribution is 0.281. The Balaban J connectivity index is 1.63. The maximum atomic E-state index is 5.99. The number of nitrogens with zero attached hydrogens (tertiary/aromatic N) is 2. The summed E-state index contributed by atoms with van der Waals surface area (Å²) in [6.07, 6.45) is 9.92. The highest BCUT2D eigenvalue weighted by atomic mass is 32.1. The van der Waals surface area contributed by atoms with Gasteiger partial charge in [0.2, 0.25) is 0 Å². The third kappa shape index (κ3) is 5.04. The molecule has 1 aromatic heterocycles. The van der Waals surface area contributed by atoms with Crippen LogP contribution in [0.1, 0.15) is 51.0 Å². The number of thiocarbonyl (C=S) groups is 1. The van der Waals surface area contributed by atoms with Crippen LogP contribution < -0.4 is 10.1 Å². The number of fused-ring (bicyclic) bond motifs is 1. The van der Waals surface area contributed by atoms with Crippen molar-refractivity contribution >= 4 is 33.9 Å². The monoisotopic (exact) mass is 435 g/mol. The molecule has 2 aromatic carbocycles. The molecule has 5 heteroatoms. The zero-order valence-electron chi connectivity index (χ0n) is 18.6. The van der Waals surface area contributed by atoms with Crippen molar-refractivity contribution in [2.45, 2.75) is 64.6 Å². The smallest absolute Gasteiger partial charge is 0.173 e. The first-order valence-corrected chi connectivity index (χ1v) is 11.9. The van der Waals surface area contributed by atoms with E-state index in [4.69, 9.17) is 17.0 Å². The molecule has 0 radical (unpaired) electrons. The summed E-state index contributed by atoms with van der Waals surface area (Å²) < 4.78 is 7.73. The van der Waals surface area contributed by atoms with Gasteiger partial charge in [0.1, 0.15) is 5.75 Å². The minimum Gasteiger partial charge on any atom is -0.497 e. The molecule has 164 valence electrons. The highest BCUT2D eigenvalue weighted by Gasteiger charge is 2.24. The van der Waals surface area contributed by atoms with Gasteiger partial charge < -0.3 is 19.5 Å². The number of hydrogen-bond acceptors (Lipinski definition) is 2. The largest absolute Gasteiger partial charge is 0.497 e. The molecular formula is C26H33N3OS. The first-order chi connectivity index (χ1) is 15.2. The van der Waals surface area contributed by atoms with Crippen molar-refractivity contribution in [2.75, 3.05) is 12.4 Å². The lowest BCUT2D eigenvalue weighted by Crippen LogP contribution is -2.42. The Morgan fingerprint density at radius 3 is 2.61 bits per heavy atom. The minimum atomic E-state index is 0.469. The summed E-state index contributed by atoms with van der Waals surface area (Å²) in [4.78, 5) is 2.43. The van der Waals surface area contributed by atoms with E-state index in [1.807, 2.05) is 24.3 Å². The lowest BCUT2D eigenvalue weighted by atomic mass is 10.1. The van der Waals surface area contributed by atoms with Crippen LogP contribution in [-0.4, -0.2) is 27.7 Å². The average molecular weight is 436 g/mol. The van der Waals surface area contributed by atoms with E-state index < -0.39 is 0 Å². The second kappa shape index (κ2) is 10.2. The number of aromatic nitrogens is 1. The predicted molar refractivity (Wildman–Crippen MR) is 134 cm³/mol. The Bertz CT molecular complexity index is 1020. The lowest BCUT2D eigenvalue weighted by Gasteiger charge is -2.34. The van der Waals surface area contributed by atoms with E-state index in [1.54, 1.807) is 7.11 Å². The summed E-state index contributed by atoms with van der Waals surface area (Å²) in [6, 6.07) is 17.2. The van der Waals surface area contributed by atoms with Crippen LogP contribution in [0.2, 0.25) is 0 Å². The van der Waals surface area contributed by atoms with E-state index in [2.05, 4.69) is 52.2 Å². The first-order valence-electron chi connectivity index (χ1n) is 11.5. The van der Waals surface area contributed by atoms with Gasteiger partial charge in [-0.15, -0.1) is 0 Å². The molecule has 1 fully saturated rings. The highest BCUT2D eigenvalue weighted by Crippen LogP contribution is 2.28. The summed E-state index contributed by atoms with van der Waals surface area (Å²) in [5.74, 6) is 0.833. The second-order valence-corrected chi connectivity index (χ2v) is 8.78. The fourth-order valence-corrected chi connectivity index (χ4v) is 5.06. The number of hydrogen-bond donors (Lipinski definition) is 1. The first kappa shape index (κ1) is 21.7. The number of rotatable bonds is 6. The fourth-order valence-electron chi connectivity index (χ4n) is 4.73. The minimum absolute atomic E-state index is 0.469. The molecule has 1 aliphatic rings. The van der Waals surface area contributed by atoms with Gasteiger partial charge in [0.05, 0.1) is 7.11 Å². The van der Waals surface area contributed by atoms with Crippen LogP contribution in [0.3, 0.4) is 0 Å².